The van der Waals surface area contributed by atoms with Crippen LogP contribution in [0.3, 0.4) is 0 Å². The molecule has 0 N–H and O–H groups in total. The summed E-state index contributed by atoms with van der Waals surface area (Å²) < 4.78 is 3.17. The molecule has 0 aliphatic carbocycles. The van der Waals surface area contributed by atoms with Gasteiger partial charge in [-0.25, -0.2) is 4.98 Å². The molecule has 0 unspecified atom stereocenters. The molecule has 158 valence electrons. The molecule has 5 rings (SSSR count). The van der Waals surface area contributed by atoms with Crippen molar-refractivity contribution < 1.29 is 4.79 Å². The zero-order valence-corrected chi connectivity index (χ0v) is 18.9. The number of piperidine rings is 1. The highest BCUT2D eigenvalue weighted by atomic mass is 32.2. The lowest BCUT2D eigenvalue weighted by Gasteiger charge is -2.31. The number of carbonyl (C=O) groups is 1. The molecule has 31 heavy (non-hydrogen) atoms. The Morgan fingerprint density at radius 1 is 1.19 bits per heavy atom. The van der Waals surface area contributed by atoms with Crippen LogP contribution in [0.2, 0.25) is 0 Å². The van der Waals surface area contributed by atoms with E-state index in [9.17, 15) is 4.79 Å². The van der Waals surface area contributed by atoms with Gasteiger partial charge in [-0.15, -0.1) is 21.5 Å². The highest BCUT2D eigenvalue weighted by Gasteiger charge is 2.27. The summed E-state index contributed by atoms with van der Waals surface area (Å²) in [6, 6.07) is 16.4. The van der Waals surface area contributed by atoms with Crippen LogP contribution >= 0.6 is 23.1 Å². The minimum atomic E-state index is 0.148. The van der Waals surface area contributed by atoms with E-state index >= 15 is 0 Å². The van der Waals surface area contributed by atoms with Gasteiger partial charge in [0.25, 0.3) is 0 Å². The standard InChI is InChI=1S/C23H23N5OS2/c1-16-7-2-4-10-19(16)28-15-24-26-23(28)30-14-21(29)27-12-6-8-17(13-27)22-25-18-9-3-5-11-20(18)31-22/h2-5,7,9-11,15,17H,6,8,12-14H2,1H3/t17-/m0/s1. The number of nitrogens with zero attached hydrogens (tertiary/aromatic N) is 5. The number of benzene rings is 2. The number of aromatic nitrogens is 4. The van der Waals surface area contributed by atoms with E-state index in [4.69, 9.17) is 4.98 Å². The summed E-state index contributed by atoms with van der Waals surface area (Å²) in [7, 11) is 0. The highest BCUT2D eigenvalue weighted by Crippen LogP contribution is 2.33. The lowest BCUT2D eigenvalue weighted by atomic mass is 9.99. The number of aryl methyl sites for hydroxylation is 1. The largest absolute Gasteiger partial charge is 0.341 e. The van der Waals surface area contributed by atoms with Gasteiger partial charge in [0.15, 0.2) is 5.16 Å². The number of fused-ring (bicyclic) bond motifs is 1. The molecular formula is C23H23N5OS2. The van der Waals surface area contributed by atoms with Crippen LogP contribution in [0, 0.1) is 6.92 Å². The molecular weight excluding hydrogens is 426 g/mol. The van der Waals surface area contributed by atoms with E-state index in [2.05, 4.69) is 35.3 Å². The first-order valence-electron chi connectivity index (χ1n) is 10.4. The Morgan fingerprint density at radius 2 is 2.03 bits per heavy atom. The third-order valence-electron chi connectivity index (χ3n) is 5.65. The smallest absolute Gasteiger partial charge is 0.233 e. The van der Waals surface area contributed by atoms with Crippen LogP contribution in [0.1, 0.15) is 29.3 Å². The average Bonchev–Trinajstić information content (AvgIpc) is 3.45. The summed E-state index contributed by atoms with van der Waals surface area (Å²) in [4.78, 5) is 19.8. The Labute approximate surface area is 189 Å². The van der Waals surface area contributed by atoms with Crippen molar-refractivity contribution in [2.75, 3.05) is 18.8 Å². The lowest BCUT2D eigenvalue weighted by Crippen LogP contribution is -2.40. The van der Waals surface area contributed by atoms with Crippen LogP contribution in [-0.4, -0.2) is 49.4 Å². The zero-order chi connectivity index (χ0) is 21.2. The van der Waals surface area contributed by atoms with Crippen molar-refractivity contribution in [3.8, 4) is 5.69 Å². The molecule has 0 saturated carbocycles. The minimum absolute atomic E-state index is 0.148. The number of amides is 1. The number of likely N-dealkylation sites (tertiary alicyclic amines) is 1. The fraction of sp³-hybridized carbons (Fsp3) is 0.304. The van der Waals surface area contributed by atoms with Crippen molar-refractivity contribution in [3.05, 3.63) is 65.4 Å². The normalized spacial score (nSPS) is 16.7. The van der Waals surface area contributed by atoms with Gasteiger partial charge in [-0.3, -0.25) is 9.36 Å². The molecule has 0 spiro atoms. The molecule has 2 aromatic carbocycles. The second-order valence-electron chi connectivity index (χ2n) is 7.76. The summed E-state index contributed by atoms with van der Waals surface area (Å²) in [6.45, 7) is 3.61. The van der Waals surface area contributed by atoms with Gasteiger partial charge in [-0.2, -0.15) is 0 Å². The van der Waals surface area contributed by atoms with E-state index < -0.39 is 0 Å². The van der Waals surface area contributed by atoms with E-state index in [0.29, 0.717) is 11.7 Å². The molecule has 8 heteroatoms. The monoisotopic (exact) mass is 449 g/mol. The Balaban J connectivity index is 1.25. The van der Waals surface area contributed by atoms with E-state index in [1.165, 1.54) is 16.5 Å². The van der Waals surface area contributed by atoms with E-state index in [1.54, 1.807) is 17.7 Å². The molecule has 1 aliphatic heterocycles. The molecule has 1 atom stereocenters. The van der Waals surface area contributed by atoms with Gasteiger partial charge < -0.3 is 4.90 Å². The van der Waals surface area contributed by atoms with Gasteiger partial charge in [-0.1, -0.05) is 42.1 Å². The molecule has 2 aromatic heterocycles. The number of rotatable bonds is 5. The summed E-state index contributed by atoms with van der Waals surface area (Å²) >= 11 is 3.20. The first-order valence-corrected chi connectivity index (χ1v) is 12.2. The van der Waals surface area contributed by atoms with Crippen molar-refractivity contribution in [1.29, 1.82) is 0 Å². The van der Waals surface area contributed by atoms with Gasteiger partial charge in [-0.05, 0) is 43.5 Å². The number of para-hydroxylation sites is 2. The van der Waals surface area contributed by atoms with Crippen LogP contribution in [0.5, 0.6) is 0 Å². The summed E-state index contributed by atoms with van der Waals surface area (Å²) in [6.07, 6.45) is 3.80. The van der Waals surface area contributed by atoms with Crippen LogP contribution < -0.4 is 0 Å². The second kappa shape index (κ2) is 8.80. The lowest BCUT2D eigenvalue weighted by molar-refractivity contribution is -0.129. The number of carbonyl (C=O) groups excluding carboxylic acids is 1. The van der Waals surface area contributed by atoms with Crippen LogP contribution in [0.4, 0.5) is 0 Å². The molecule has 1 aliphatic rings. The SMILES string of the molecule is Cc1ccccc1-n1cnnc1SCC(=O)N1CCC[C@H](c2nc3ccccc3s2)C1. The number of thiazole rings is 1. The molecule has 1 saturated heterocycles. The van der Waals surface area contributed by atoms with Crippen molar-refractivity contribution in [2.45, 2.75) is 30.8 Å². The van der Waals surface area contributed by atoms with E-state index in [-0.39, 0.29) is 5.91 Å². The molecule has 6 nitrogen and oxygen atoms in total. The van der Waals surface area contributed by atoms with Crippen LogP contribution in [0.25, 0.3) is 15.9 Å². The first-order chi connectivity index (χ1) is 15.2. The number of hydrogen-bond acceptors (Lipinski definition) is 6. The molecule has 1 fully saturated rings. The predicted octanol–water partition coefficient (Wildman–Crippen LogP) is 4.68. The average molecular weight is 450 g/mol. The maximum atomic E-state index is 13.0. The molecule has 3 heterocycles. The third-order valence-corrected chi connectivity index (χ3v) is 7.78. The highest BCUT2D eigenvalue weighted by molar-refractivity contribution is 7.99. The summed E-state index contributed by atoms with van der Waals surface area (Å²) in [5, 5.41) is 10.2. The number of thioether (sulfide) groups is 1. The van der Waals surface area contributed by atoms with Gasteiger partial charge in [0.2, 0.25) is 5.91 Å². The topological polar surface area (TPSA) is 63.9 Å². The second-order valence-corrected chi connectivity index (χ2v) is 9.76. The Kier molecular flexibility index (Phi) is 5.74. The van der Waals surface area contributed by atoms with Crippen LogP contribution in [0.15, 0.2) is 60.0 Å². The fourth-order valence-electron chi connectivity index (χ4n) is 4.01. The van der Waals surface area contributed by atoms with E-state index in [0.717, 1.165) is 52.9 Å². The summed E-state index contributed by atoms with van der Waals surface area (Å²) in [5.74, 6) is 0.822. The third kappa shape index (κ3) is 4.22. The minimum Gasteiger partial charge on any atom is -0.341 e. The van der Waals surface area contributed by atoms with Crippen molar-refractivity contribution in [1.82, 2.24) is 24.6 Å². The Bertz CT molecular complexity index is 1180. The van der Waals surface area contributed by atoms with Gasteiger partial charge in [0, 0.05) is 19.0 Å². The van der Waals surface area contributed by atoms with E-state index in [1.807, 2.05) is 39.8 Å². The maximum absolute atomic E-state index is 13.0. The molecule has 0 bridgehead atoms. The number of hydrogen-bond donors (Lipinski definition) is 0. The van der Waals surface area contributed by atoms with Gasteiger partial charge >= 0.3 is 0 Å². The first kappa shape index (κ1) is 20.2. The maximum Gasteiger partial charge on any atom is 0.233 e. The quantitative estimate of drug-likeness (QED) is 0.414. The Morgan fingerprint density at radius 3 is 2.90 bits per heavy atom. The molecule has 1 amide bonds. The van der Waals surface area contributed by atoms with Gasteiger partial charge in [0.1, 0.15) is 6.33 Å². The zero-order valence-electron chi connectivity index (χ0n) is 17.3. The van der Waals surface area contributed by atoms with Crippen LogP contribution in [-0.2, 0) is 4.79 Å². The predicted molar refractivity (Wildman–Crippen MR) is 125 cm³/mol. The Hall–Kier alpha value is -2.71. The van der Waals surface area contributed by atoms with Crippen molar-refractivity contribution in [3.63, 3.8) is 0 Å². The van der Waals surface area contributed by atoms with Crippen molar-refractivity contribution >= 4 is 39.2 Å². The fourth-order valence-corrected chi connectivity index (χ4v) is 5.93. The molecule has 4 aromatic rings. The van der Waals surface area contributed by atoms with Gasteiger partial charge in [0.05, 0.1) is 26.7 Å². The molecule has 0 radical (unpaired) electrons. The van der Waals surface area contributed by atoms with Crippen molar-refractivity contribution in [2.24, 2.45) is 0 Å². The summed E-state index contributed by atoms with van der Waals surface area (Å²) in [5.41, 5.74) is 3.23.